The molecule has 7 heteroatoms. The van der Waals surface area contributed by atoms with E-state index in [2.05, 4.69) is 5.32 Å². The molecule has 0 saturated carbocycles. The molecule has 0 bridgehead atoms. The van der Waals surface area contributed by atoms with Gasteiger partial charge in [0.2, 0.25) is 5.91 Å². The van der Waals surface area contributed by atoms with Gasteiger partial charge in [-0.1, -0.05) is 12.1 Å². The fourth-order valence-electron chi connectivity index (χ4n) is 4.19. The van der Waals surface area contributed by atoms with Crippen molar-refractivity contribution in [1.82, 2.24) is 4.90 Å². The molecule has 2 aliphatic rings. The fraction of sp³-hybridized carbons (Fsp3) is 0.333. The lowest BCUT2D eigenvalue weighted by Gasteiger charge is -2.29. The molecule has 1 heterocycles. The zero-order valence-corrected chi connectivity index (χ0v) is 17.3. The number of hydrogen-bond donors (Lipinski definition) is 1. The summed E-state index contributed by atoms with van der Waals surface area (Å²) in [5.41, 5.74) is 3.59. The first-order valence-electron chi connectivity index (χ1n) is 10.4. The molecule has 1 aliphatic carbocycles. The van der Waals surface area contributed by atoms with Gasteiger partial charge in [0.1, 0.15) is 17.2 Å². The fourth-order valence-corrected chi connectivity index (χ4v) is 4.19. The number of allylic oxidation sites excluding steroid dienone is 1. The number of anilines is 1. The van der Waals surface area contributed by atoms with Crippen LogP contribution in [0.1, 0.15) is 41.3 Å². The topological polar surface area (TPSA) is 58.6 Å². The highest BCUT2D eigenvalue weighted by molar-refractivity contribution is 6.05. The minimum atomic E-state index is -0.905. The van der Waals surface area contributed by atoms with Gasteiger partial charge < -0.3 is 15.0 Å². The van der Waals surface area contributed by atoms with Crippen molar-refractivity contribution in [2.45, 2.75) is 26.2 Å². The minimum Gasteiger partial charge on any atom is -0.378 e. The van der Waals surface area contributed by atoms with Crippen LogP contribution >= 0.6 is 0 Å². The Bertz CT molecular complexity index is 1040. The molecule has 5 nitrogen and oxygen atoms in total. The van der Waals surface area contributed by atoms with Crippen molar-refractivity contribution in [3.8, 4) is 0 Å². The quantitative estimate of drug-likeness (QED) is 0.749. The number of hydrogen-bond acceptors (Lipinski definition) is 3. The Hall–Kier alpha value is -3.06. The summed E-state index contributed by atoms with van der Waals surface area (Å²) >= 11 is 0. The van der Waals surface area contributed by atoms with Gasteiger partial charge in [-0.15, -0.1) is 0 Å². The smallest absolute Gasteiger partial charge is 0.261 e. The highest BCUT2D eigenvalue weighted by Gasteiger charge is 2.24. The molecule has 1 fully saturated rings. The van der Waals surface area contributed by atoms with E-state index in [1.165, 1.54) is 6.07 Å². The lowest BCUT2D eigenvalue weighted by atomic mass is 9.84. The van der Waals surface area contributed by atoms with Crippen molar-refractivity contribution in [2.24, 2.45) is 0 Å². The summed E-state index contributed by atoms with van der Waals surface area (Å²) in [6, 6.07) is 8.71. The van der Waals surface area contributed by atoms with E-state index >= 15 is 0 Å². The van der Waals surface area contributed by atoms with E-state index in [1.807, 2.05) is 24.0 Å². The van der Waals surface area contributed by atoms with Crippen LogP contribution in [0.3, 0.4) is 0 Å². The third-order valence-corrected chi connectivity index (χ3v) is 5.82. The molecule has 0 aromatic heterocycles. The van der Waals surface area contributed by atoms with Gasteiger partial charge in [-0.25, -0.2) is 8.78 Å². The van der Waals surface area contributed by atoms with Crippen LogP contribution in [0.25, 0.3) is 5.57 Å². The third-order valence-electron chi connectivity index (χ3n) is 5.82. The van der Waals surface area contributed by atoms with Crippen LogP contribution in [0.5, 0.6) is 0 Å². The Morgan fingerprint density at radius 1 is 1.03 bits per heavy atom. The minimum absolute atomic E-state index is 0.0264. The summed E-state index contributed by atoms with van der Waals surface area (Å²) in [5.74, 6) is -2.62. The monoisotopic (exact) mass is 426 g/mol. The molecule has 0 radical (unpaired) electrons. The molecular formula is C24H24F2N2O3. The normalized spacial score (nSPS) is 17.7. The first-order valence-corrected chi connectivity index (χ1v) is 10.4. The van der Waals surface area contributed by atoms with Crippen molar-refractivity contribution in [3.05, 3.63) is 70.3 Å². The highest BCUT2D eigenvalue weighted by atomic mass is 19.1. The van der Waals surface area contributed by atoms with Crippen molar-refractivity contribution in [1.29, 1.82) is 0 Å². The largest absolute Gasteiger partial charge is 0.378 e. The van der Waals surface area contributed by atoms with Gasteiger partial charge in [0.05, 0.1) is 13.2 Å². The summed E-state index contributed by atoms with van der Waals surface area (Å²) in [4.78, 5) is 27.1. The van der Waals surface area contributed by atoms with Gasteiger partial charge in [-0.2, -0.15) is 0 Å². The second kappa shape index (κ2) is 8.98. The van der Waals surface area contributed by atoms with E-state index in [0.29, 0.717) is 32.0 Å². The predicted molar refractivity (Wildman–Crippen MR) is 114 cm³/mol. The number of nitrogens with one attached hydrogen (secondary N) is 1. The van der Waals surface area contributed by atoms with Crippen LogP contribution in [-0.2, 0) is 16.0 Å². The molecule has 2 aromatic carbocycles. The number of amides is 2. The molecule has 1 N–H and O–H groups in total. The van der Waals surface area contributed by atoms with E-state index in [9.17, 15) is 18.4 Å². The Balaban J connectivity index is 1.58. The van der Waals surface area contributed by atoms with E-state index in [0.717, 1.165) is 53.7 Å². The first kappa shape index (κ1) is 21.2. The van der Waals surface area contributed by atoms with E-state index in [1.54, 1.807) is 6.07 Å². The number of carbonyl (C=O) groups is 2. The number of halogens is 2. The van der Waals surface area contributed by atoms with Crippen molar-refractivity contribution >= 4 is 23.1 Å². The van der Waals surface area contributed by atoms with Gasteiger partial charge in [0, 0.05) is 24.4 Å². The number of rotatable bonds is 3. The van der Waals surface area contributed by atoms with Crippen LogP contribution in [0.4, 0.5) is 14.5 Å². The number of aryl methyl sites for hydroxylation is 1. The first-order chi connectivity index (χ1) is 15.0. The average molecular weight is 426 g/mol. The van der Waals surface area contributed by atoms with Gasteiger partial charge >= 0.3 is 0 Å². The van der Waals surface area contributed by atoms with Gasteiger partial charge in [-0.05, 0) is 67.2 Å². The van der Waals surface area contributed by atoms with Gasteiger partial charge in [0.15, 0.2) is 0 Å². The molecular weight excluding hydrogens is 402 g/mol. The predicted octanol–water partition coefficient (Wildman–Crippen LogP) is 4.19. The molecule has 31 heavy (non-hydrogen) atoms. The standard InChI is InChI=1S/C24H24F2N2O3/c1-15(24(30)28-10-12-31-13-11-28)18-5-2-4-16-14-17(8-9-19(16)18)27-23(29)22-20(25)6-3-7-21(22)26/h3,6-9,14H,2,4-5,10-13H2,1H3,(H,27,29)/b18-15-. The number of ether oxygens (including phenoxy) is 1. The molecule has 0 spiro atoms. The SMILES string of the molecule is C/C(C(=O)N1CCOCC1)=C1\CCCc2cc(NC(=O)c3c(F)cccc3F)ccc21. The molecule has 1 aliphatic heterocycles. The van der Waals surface area contributed by atoms with E-state index in [-0.39, 0.29) is 5.91 Å². The maximum Gasteiger partial charge on any atom is 0.261 e. The molecule has 0 unspecified atom stereocenters. The average Bonchev–Trinajstić information content (AvgIpc) is 2.78. The second-order valence-corrected chi connectivity index (χ2v) is 7.78. The second-order valence-electron chi connectivity index (χ2n) is 7.78. The van der Waals surface area contributed by atoms with Gasteiger partial charge in [-0.3, -0.25) is 9.59 Å². The molecule has 2 amide bonds. The Morgan fingerprint density at radius 3 is 2.45 bits per heavy atom. The van der Waals surface area contributed by atoms with Crippen LogP contribution in [0.2, 0.25) is 0 Å². The number of nitrogens with zero attached hydrogens (tertiary/aromatic N) is 1. The lowest BCUT2D eigenvalue weighted by molar-refractivity contribution is -0.131. The molecule has 0 atom stereocenters. The van der Waals surface area contributed by atoms with E-state index < -0.39 is 23.1 Å². The van der Waals surface area contributed by atoms with Crippen LogP contribution in [0, 0.1) is 11.6 Å². The van der Waals surface area contributed by atoms with Crippen molar-refractivity contribution in [2.75, 3.05) is 31.6 Å². The van der Waals surface area contributed by atoms with Crippen LogP contribution < -0.4 is 5.32 Å². The summed E-state index contributed by atoms with van der Waals surface area (Å²) in [6.45, 7) is 4.15. The number of carbonyl (C=O) groups excluding carboxylic acids is 2. The third kappa shape index (κ3) is 4.37. The Kier molecular flexibility index (Phi) is 6.13. The Labute approximate surface area is 179 Å². The summed E-state index contributed by atoms with van der Waals surface area (Å²) in [7, 11) is 0. The Morgan fingerprint density at radius 2 is 1.74 bits per heavy atom. The molecule has 2 aromatic rings. The molecule has 1 saturated heterocycles. The van der Waals surface area contributed by atoms with Crippen LogP contribution in [-0.4, -0.2) is 43.0 Å². The number of benzene rings is 2. The van der Waals surface area contributed by atoms with Gasteiger partial charge in [0.25, 0.3) is 5.91 Å². The lowest BCUT2D eigenvalue weighted by Crippen LogP contribution is -2.41. The zero-order chi connectivity index (χ0) is 22.0. The van der Waals surface area contributed by atoms with Crippen molar-refractivity contribution < 1.29 is 23.1 Å². The molecule has 4 rings (SSSR count). The number of morpholine rings is 1. The maximum absolute atomic E-state index is 13.9. The number of fused-ring (bicyclic) bond motifs is 1. The maximum atomic E-state index is 13.9. The summed E-state index contributed by atoms with van der Waals surface area (Å²) < 4.78 is 33.1. The van der Waals surface area contributed by atoms with Crippen LogP contribution in [0.15, 0.2) is 42.0 Å². The van der Waals surface area contributed by atoms with Crippen molar-refractivity contribution in [3.63, 3.8) is 0 Å². The van der Waals surface area contributed by atoms with E-state index in [4.69, 9.17) is 4.74 Å². The molecule has 162 valence electrons. The summed E-state index contributed by atoms with van der Waals surface area (Å²) in [6.07, 6.45) is 2.49. The zero-order valence-electron chi connectivity index (χ0n) is 17.3. The summed E-state index contributed by atoms with van der Waals surface area (Å²) in [5, 5.41) is 2.58. The highest BCUT2D eigenvalue weighted by Crippen LogP contribution is 2.35.